The van der Waals surface area contributed by atoms with Crippen molar-refractivity contribution in [3.05, 3.63) is 11.6 Å². The van der Waals surface area contributed by atoms with Gasteiger partial charge in [0, 0.05) is 12.8 Å². The maximum absolute atomic E-state index is 11.6. The average Bonchev–Trinajstić information content (AvgIpc) is 3.03. The summed E-state index contributed by atoms with van der Waals surface area (Å²) in [6.45, 7) is 2.47. The third kappa shape index (κ3) is 3.15. The second kappa shape index (κ2) is 6.10. The lowest BCUT2D eigenvalue weighted by Crippen LogP contribution is -2.32. The zero-order valence-corrected chi connectivity index (χ0v) is 12.7. The lowest BCUT2D eigenvalue weighted by molar-refractivity contribution is -0.177. The second-order valence-electron chi connectivity index (χ2n) is 6.39. The number of hydrogen-bond acceptors (Lipinski definition) is 5. The van der Waals surface area contributed by atoms with Crippen LogP contribution in [0.5, 0.6) is 0 Å². The highest BCUT2D eigenvalue weighted by molar-refractivity contribution is 6.01. The van der Waals surface area contributed by atoms with E-state index in [-0.39, 0.29) is 12.8 Å². The molecule has 1 heterocycles. The summed E-state index contributed by atoms with van der Waals surface area (Å²) >= 11 is 0. The van der Waals surface area contributed by atoms with Gasteiger partial charge in [-0.3, -0.25) is 14.4 Å². The van der Waals surface area contributed by atoms with Gasteiger partial charge in [0.2, 0.25) is 0 Å². The van der Waals surface area contributed by atoms with Crippen molar-refractivity contribution in [2.24, 2.45) is 17.8 Å². The summed E-state index contributed by atoms with van der Waals surface area (Å²) in [7, 11) is 0. The molecule has 120 valence electrons. The van der Waals surface area contributed by atoms with E-state index in [0.29, 0.717) is 29.4 Å². The Hall–Kier alpha value is -1.85. The molecule has 3 aliphatic rings. The minimum absolute atomic E-state index is 0.0885. The minimum Gasteiger partial charge on any atom is -0.432 e. The average molecular weight is 307 g/mol. The topological polar surface area (TPSA) is 72.9 Å². The smallest absolute Gasteiger partial charge is 0.432 e. The number of hydroxylamine groups is 2. The van der Waals surface area contributed by atoms with Crippen LogP contribution in [0.4, 0.5) is 4.79 Å². The van der Waals surface area contributed by atoms with Crippen LogP contribution in [0.3, 0.4) is 0 Å². The molecule has 3 rings (SSSR count). The predicted octanol–water partition coefficient (Wildman–Crippen LogP) is 2.59. The molecular formula is C16H21NO5. The maximum Gasteiger partial charge on any atom is 0.533 e. The molecule has 0 aromatic carbocycles. The number of allylic oxidation sites excluding steroid dienone is 2. The number of nitrogens with zero attached hydrogens (tertiary/aromatic N) is 1. The first-order valence-corrected chi connectivity index (χ1v) is 7.92. The van der Waals surface area contributed by atoms with E-state index >= 15 is 0 Å². The normalized spacial score (nSPS) is 33.4. The Balaban J connectivity index is 1.43. The summed E-state index contributed by atoms with van der Waals surface area (Å²) in [6.07, 6.45) is 5.98. The summed E-state index contributed by atoms with van der Waals surface area (Å²) in [5, 5.41) is 0.519. The van der Waals surface area contributed by atoms with Crippen LogP contribution in [-0.2, 0) is 19.2 Å². The quantitative estimate of drug-likeness (QED) is 0.455. The van der Waals surface area contributed by atoms with Crippen LogP contribution in [0.2, 0.25) is 0 Å². The standard InChI is InChI=1S/C16H21NO5/c1-10-3-2-4-11-12(6-5-10)13(11)9-21-16(20)22-17-14(18)7-8-15(17)19/h3,11-13H,2,4-9H2,1H3/b10-3-/t11-,12+,13-/m1/s1. The van der Waals surface area contributed by atoms with Crippen LogP contribution in [0.25, 0.3) is 0 Å². The highest BCUT2D eigenvalue weighted by Crippen LogP contribution is 2.53. The van der Waals surface area contributed by atoms with E-state index in [1.807, 2.05) is 0 Å². The molecule has 22 heavy (non-hydrogen) atoms. The van der Waals surface area contributed by atoms with Crippen LogP contribution >= 0.6 is 0 Å². The molecule has 2 amide bonds. The lowest BCUT2D eigenvalue weighted by Gasteiger charge is -2.12. The van der Waals surface area contributed by atoms with Crippen molar-refractivity contribution in [1.29, 1.82) is 0 Å². The zero-order chi connectivity index (χ0) is 15.7. The number of ether oxygens (including phenoxy) is 1. The molecule has 1 saturated heterocycles. The SMILES string of the molecule is C/C1=C/CC[C@@H]2[C@H](CC1)[C@@H]2COC(=O)ON1C(=O)CCC1=O. The molecular weight excluding hydrogens is 286 g/mol. The van der Waals surface area contributed by atoms with Crippen molar-refractivity contribution in [3.63, 3.8) is 0 Å². The molecule has 0 bridgehead atoms. The number of hydrogen-bond donors (Lipinski definition) is 0. The summed E-state index contributed by atoms with van der Waals surface area (Å²) < 4.78 is 5.10. The van der Waals surface area contributed by atoms with E-state index in [0.717, 1.165) is 25.7 Å². The Morgan fingerprint density at radius 1 is 1.18 bits per heavy atom. The summed E-state index contributed by atoms with van der Waals surface area (Å²) in [5.41, 5.74) is 1.44. The van der Waals surface area contributed by atoms with Crippen molar-refractivity contribution in [2.75, 3.05) is 6.61 Å². The fourth-order valence-electron chi connectivity index (χ4n) is 3.57. The van der Waals surface area contributed by atoms with Crippen LogP contribution in [0.15, 0.2) is 11.6 Å². The number of rotatable bonds is 3. The first-order chi connectivity index (χ1) is 10.6. The van der Waals surface area contributed by atoms with E-state index in [1.54, 1.807) is 0 Å². The van der Waals surface area contributed by atoms with E-state index in [9.17, 15) is 14.4 Å². The van der Waals surface area contributed by atoms with Crippen molar-refractivity contribution >= 4 is 18.0 Å². The minimum atomic E-state index is -0.961. The number of carbonyl (C=O) groups excluding carboxylic acids is 3. The Morgan fingerprint density at radius 3 is 2.59 bits per heavy atom. The number of amides is 2. The third-order valence-corrected chi connectivity index (χ3v) is 4.94. The van der Waals surface area contributed by atoms with Crippen molar-refractivity contribution < 1.29 is 24.0 Å². The summed E-state index contributed by atoms with van der Waals surface area (Å²) in [4.78, 5) is 39.0. The Labute approximate surface area is 129 Å². The van der Waals surface area contributed by atoms with Crippen LogP contribution in [0, 0.1) is 17.8 Å². The molecule has 1 saturated carbocycles. The van der Waals surface area contributed by atoms with Gasteiger partial charge >= 0.3 is 6.16 Å². The summed E-state index contributed by atoms with van der Waals surface area (Å²) in [6, 6.07) is 0. The van der Waals surface area contributed by atoms with Crippen molar-refractivity contribution in [3.8, 4) is 0 Å². The highest BCUT2D eigenvalue weighted by Gasteiger charge is 2.49. The lowest BCUT2D eigenvalue weighted by atomic mass is 10.0. The van der Waals surface area contributed by atoms with Gasteiger partial charge in [-0.15, -0.1) is 0 Å². The Bertz CT molecular complexity index is 511. The second-order valence-corrected chi connectivity index (χ2v) is 6.39. The fraction of sp³-hybridized carbons (Fsp3) is 0.688. The molecule has 0 N–H and O–H groups in total. The van der Waals surface area contributed by atoms with Gasteiger partial charge in [0.15, 0.2) is 0 Å². The number of fused-ring (bicyclic) bond motifs is 1. The molecule has 3 atom stereocenters. The Morgan fingerprint density at radius 2 is 1.86 bits per heavy atom. The van der Waals surface area contributed by atoms with Crippen molar-refractivity contribution in [2.45, 2.75) is 45.4 Å². The van der Waals surface area contributed by atoms with E-state index in [2.05, 4.69) is 13.0 Å². The number of imide groups is 1. The molecule has 6 heteroatoms. The Kier molecular flexibility index (Phi) is 4.18. The van der Waals surface area contributed by atoms with Crippen LogP contribution in [0.1, 0.15) is 45.4 Å². The van der Waals surface area contributed by atoms with E-state index in [1.165, 1.54) is 5.57 Å². The molecule has 0 radical (unpaired) electrons. The molecule has 2 fully saturated rings. The maximum atomic E-state index is 11.6. The van der Waals surface area contributed by atoms with Gasteiger partial charge in [-0.1, -0.05) is 16.7 Å². The van der Waals surface area contributed by atoms with Gasteiger partial charge in [0.25, 0.3) is 11.8 Å². The van der Waals surface area contributed by atoms with E-state index in [4.69, 9.17) is 9.57 Å². The van der Waals surface area contributed by atoms with Crippen LogP contribution < -0.4 is 0 Å². The predicted molar refractivity (Wildman–Crippen MR) is 76.2 cm³/mol. The monoisotopic (exact) mass is 307 g/mol. The molecule has 0 unspecified atom stereocenters. The third-order valence-electron chi connectivity index (χ3n) is 4.94. The van der Waals surface area contributed by atoms with Gasteiger partial charge in [0.05, 0.1) is 6.61 Å². The highest BCUT2D eigenvalue weighted by atomic mass is 16.8. The molecule has 6 nitrogen and oxygen atoms in total. The van der Waals surface area contributed by atoms with Crippen molar-refractivity contribution in [1.82, 2.24) is 5.06 Å². The first-order valence-electron chi connectivity index (χ1n) is 7.92. The fourth-order valence-corrected chi connectivity index (χ4v) is 3.57. The number of carbonyl (C=O) groups is 3. The van der Waals surface area contributed by atoms with Gasteiger partial charge in [-0.05, 0) is 50.4 Å². The van der Waals surface area contributed by atoms with Gasteiger partial charge in [0.1, 0.15) is 0 Å². The molecule has 0 aromatic rings. The molecule has 1 aliphatic heterocycles. The molecule has 0 spiro atoms. The first kappa shape index (κ1) is 15.1. The van der Waals surface area contributed by atoms with E-state index < -0.39 is 18.0 Å². The van der Waals surface area contributed by atoms with Gasteiger partial charge in [-0.25, -0.2) is 4.79 Å². The largest absolute Gasteiger partial charge is 0.533 e. The molecule has 2 aliphatic carbocycles. The van der Waals surface area contributed by atoms with Crippen LogP contribution in [-0.4, -0.2) is 29.6 Å². The summed E-state index contributed by atoms with van der Waals surface area (Å²) in [5.74, 6) is 0.642. The van der Waals surface area contributed by atoms with Gasteiger partial charge < -0.3 is 4.74 Å². The molecule has 0 aromatic heterocycles. The zero-order valence-electron chi connectivity index (χ0n) is 12.7. The van der Waals surface area contributed by atoms with Gasteiger partial charge in [-0.2, -0.15) is 0 Å².